The number of aromatic nitrogens is 1. The number of nitrogens with zero attached hydrogens (tertiary/aromatic N) is 1. The standard InChI is InChI=1S/C13H11BrFN3S/c1-7-4-5-17-13(11(7)12(16)19)18-8-2-3-10(15)9(14)6-8/h2-6H,1H3,(H2,16,19)(H,17,18). The monoisotopic (exact) mass is 339 g/mol. The molecule has 2 rings (SSSR count). The lowest BCUT2D eigenvalue weighted by Gasteiger charge is -2.12. The van der Waals surface area contributed by atoms with E-state index in [2.05, 4.69) is 26.2 Å². The molecule has 1 aromatic heterocycles. The van der Waals surface area contributed by atoms with E-state index in [9.17, 15) is 4.39 Å². The van der Waals surface area contributed by atoms with Crippen molar-refractivity contribution in [3.63, 3.8) is 0 Å². The second-order valence-corrected chi connectivity index (χ2v) is 5.26. The fraction of sp³-hybridized carbons (Fsp3) is 0.0769. The number of rotatable bonds is 3. The molecule has 0 bridgehead atoms. The lowest BCUT2D eigenvalue weighted by molar-refractivity contribution is 0.621. The summed E-state index contributed by atoms with van der Waals surface area (Å²) in [6.45, 7) is 1.90. The first-order chi connectivity index (χ1) is 8.99. The summed E-state index contributed by atoms with van der Waals surface area (Å²) in [4.78, 5) is 4.49. The van der Waals surface area contributed by atoms with E-state index in [0.717, 1.165) is 5.56 Å². The van der Waals surface area contributed by atoms with E-state index in [1.54, 1.807) is 18.3 Å². The molecular weight excluding hydrogens is 329 g/mol. The van der Waals surface area contributed by atoms with Gasteiger partial charge in [-0.15, -0.1) is 0 Å². The molecule has 3 N–H and O–H groups in total. The summed E-state index contributed by atoms with van der Waals surface area (Å²) in [7, 11) is 0. The molecule has 0 amide bonds. The summed E-state index contributed by atoms with van der Waals surface area (Å²) in [5, 5.41) is 3.09. The summed E-state index contributed by atoms with van der Waals surface area (Å²) >= 11 is 8.16. The Morgan fingerprint density at radius 1 is 1.42 bits per heavy atom. The molecule has 98 valence electrons. The number of pyridine rings is 1. The molecule has 0 fully saturated rings. The zero-order valence-electron chi connectivity index (χ0n) is 10.1. The number of anilines is 2. The molecule has 19 heavy (non-hydrogen) atoms. The molecule has 1 aromatic carbocycles. The van der Waals surface area contributed by atoms with Gasteiger partial charge in [0.2, 0.25) is 0 Å². The highest BCUT2D eigenvalue weighted by atomic mass is 79.9. The van der Waals surface area contributed by atoms with Crippen molar-refractivity contribution in [2.24, 2.45) is 5.73 Å². The van der Waals surface area contributed by atoms with Crippen LogP contribution in [0.1, 0.15) is 11.1 Å². The van der Waals surface area contributed by atoms with Crippen LogP contribution in [0.5, 0.6) is 0 Å². The first-order valence-electron chi connectivity index (χ1n) is 5.46. The maximum absolute atomic E-state index is 13.2. The number of halogens is 2. The average Bonchev–Trinajstić information content (AvgIpc) is 2.33. The Kier molecular flexibility index (Phi) is 4.11. The molecule has 0 saturated carbocycles. The third kappa shape index (κ3) is 3.08. The Morgan fingerprint density at radius 2 is 2.16 bits per heavy atom. The van der Waals surface area contributed by atoms with Crippen LogP contribution in [-0.4, -0.2) is 9.97 Å². The first-order valence-corrected chi connectivity index (χ1v) is 6.66. The second kappa shape index (κ2) is 5.63. The predicted octanol–water partition coefficient (Wildman–Crippen LogP) is 3.67. The van der Waals surface area contributed by atoms with Gasteiger partial charge in [0.05, 0.1) is 10.0 Å². The van der Waals surface area contributed by atoms with Crippen LogP contribution in [-0.2, 0) is 0 Å². The highest BCUT2D eigenvalue weighted by molar-refractivity contribution is 9.10. The summed E-state index contributed by atoms with van der Waals surface area (Å²) in [5.74, 6) is 0.239. The topological polar surface area (TPSA) is 50.9 Å². The molecule has 0 unspecified atom stereocenters. The molecule has 0 radical (unpaired) electrons. The molecule has 0 aliphatic rings. The predicted molar refractivity (Wildman–Crippen MR) is 82.2 cm³/mol. The van der Waals surface area contributed by atoms with E-state index in [0.29, 0.717) is 21.5 Å². The van der Waals surface area contributed by atoms with Crippen LogP contribution in [0.3, 0.4) is 0 Å². The van der Waals surface area contributed by atoms with Crippen LogP contribution in [0.25, 0.3) is 0 Å². The van der Waals surface area contributed by atoms with Gasteiger partial charge in [-0.1, -0.05) is 12.2 Å². The lowest BCUT2D eigenvalue weighted by Crippen LogP contribution is -2.14. The summed E-state index contributed by atoms with van der Waals surface area (Å²) < 4.78 is 13.6. The Labute approximate surface area is 124 Å². The average molecular weight is 340 g/mol. The first kappa shape index (κ1) is 13.9. The smallest absolute Gasteiger partial charge is 0.140 e. The third-order valence-electron chi connectivity index (χ3n) is 2.59. The molecule has 0 atom stereocenters. The molecule has 0 spiro atoms. The molecular formula is C13H11BrFN3S. The SMILES string of the molecule is Cc1ccnc(Nc2ccc(F)c(Br)c2)c1C(N)=S. The van der Waals surface area contributed by atoms with Gasteiger partial charge in [-0.05, 0) is 52.7 Å². The summed E-state index contributed by atoms with van der Waals surface area (Å²) in [6, 6.07) is 6.44. The zero-order valence-corrected chi connectivity index (χ0v) is 12.5. The largest absolute Gasteiger partial charge is 0.389 e. The van der Waals surface area contributed by atoms with Crippen molar-refractivity contribution in [2.45, 2.75) is 6.92 Å². The maximum atomic E-state index is 13.2. The van der Waals surface area contributed by atoms with Crippen molar-refractivity contribution in [1.82, 2.24) is 4.98 Å². The number of aryl methyl sites for hydroxylation is 1. The number of nitrogens with two attached hydrogens (primary N) is 1. The highest BCUT2D eigenvalue weighted by Crippen LogP contribution is 2.25. The minimum atomic E-state index is -0.322. The number of benzene rings is 1. The molecule has 3 nitrogen and oxygen atoms in total. The normalized spacial score (nSPS) is 10.3. The van der Waals surface area contributed by atoms with E-state index >= 15 is 0 Å². The van der Waals surface area contributed by atoms with Crippen LogP contribution >= 0.6 is 28.1 Å². The van der Waals surface area contributed by atoms with Crippen molar-refractivity contribution in [3.8, 4) is 0 Å². The van der Waals surface area contributed by atoms with Crippen molar-refractivity contribution in [3.05, 3.63) is 51.9 Å². The molecule has 0 aliphatic heterocycles. The van der Waals surface area contributed by atoms with Gasteiger partial charge in [-0.2, -0.15) is 0 Å². The number of hydrogen-bond acceptors (Lipinski definition) is 3. The van der Waals surface area contributed by atoms with E-state index in [1.807, 2.05) is 13.0 Å². The summed E-state index contributed by atoms with van der Waals surface area (Å²) in [6.07, 6.45) is 1.66. The number of hydrogen-bond donors (Lipinski definition) is 2. The highest BCUT2D eigenvalue weighted by Gasteiger charge is 2.10. The fourth-order valence-corrected chi connectivity index (χ4v) is 2.31. The summed E-state index contributed by atoms with van der Waals surface area (Å²) in [5.41, 5.74) is 8.03. The van der Waals surface area contributed by atoms with Crippen LogP contribution in [0.15, 0.2) is 34.9 Å². The minimum Gasteiger partial charge on any atom is -0.389 e. The zero-order chi connectivity index (χ0) is 14.0. The van der Waals surface area contributed by atoms with Crippen molar-refractivity contribution < 1.29 is 4.39 Å². The quantitative estimate of drug-likeness (QED) is 0.837. The Bertz CT molecular complexity index is 646. The van der Waals surface area contributed by atoms with Crippen LogP contribution < -0.4 is 11.1 Å². The van der Waals surface area contributed by atoms with Gasteiger partial charge in [0, 0.05) is 11.9 Å². The fourth-order valence-electron chi connectivity index (χ4n) is 1.67. The molecule has 6 heteroatoms. The molecule has 2 aromatic rings. The van der Waals surface area contributed by atoms with Crippen molar-refractivity contribution >= 4 is 44.6 Å². The van der Waals surface area contributed by atoms with E-state index < -0.39 is 0 Å². The van der Waals surface area contributed by atoms with Gasteiger partial charge in [0.15, 0.2) is 0 Å². The number of thiocarbonyl (C=S) groups is 1. The Balaban J connectivity index is 2.40. The van der Waals surface area contributed by atoms with Gasteiger partial charge >= 0.3 is 0 Å². The van der Waals surface area contributed by atoms with E-state index in [1.165, 1.54) is 6.07 Å². The molecule has 1 heterocycles. The van der Waals surface area contributed by atoms with Crippen LogP contribution in [0.2, 0.25) is 0 Å². The van der Waals surface area contributed by atoms with Gasteiger partial charge < -0.3 is 11.1 Å². The van der Waals surface area contributed by atoms with Crippen LogP contribution in [0.4, 0.5) is 15.9 Å². The van der Waals surface area contributed by atoms with Crippen molar-refractivity contribution in [1.29, 1.82) is 0 Å². The van der Waals surface area contributed by atoms with E-state index in [4.69, 9.17) is 18.0 Å². The number of nitrogens with one attached hydrogen (secondary N) is 1. The van der Waals surface area contributed by atoms with Gasteiger partial charge in [-0.25, -0.2) is 9.37 Å². The molecule has 0 aliphatic carbocycles. The van der Waals surface area contributed by atoms with Gasteiger partial charge in [-0.3, -0.25) is 0 Å². The minimum absolute atomic E-state index is 0.272. The Hall–Kier alpha value is -1.53. The van der Waals surface area contributed by atoms with Crippen LogP contribution in [0, 0.1) is 12.7 Å². The lowest BCUT2D eigenvalue weighted by atomic mass is 10.1. The second-order valence-electron chi connectivity index (χ2n) is 3.97. The van der Waals surface area contributed by atoms with Crippen molar-refractivity contribution in [2.75, 3.05) is 5.32 Å². The van der Waals surface area contributed by atoms with E-state index in [-0.39, 0.29) is 10.8 Å². The Morgan fingerprint density at radius 3 is 2.79 bits per heavy atom. The van der Waals surface area contributed by atoms with Gasteiger partial charge in [0.25, 0.3) is 0 Å². The maximum Gasteiger partial charge on any atom is 0.140 e. The van der Waals surface area contributed by atoms with Gasteiger partial charge in [0.1, 0.15) is 16.6 Å². The molecule has 0 saturated heterocycles. The third-order valence-corrected chi connectivity index (χ3v) is 3.40.